The van der Waals surface area contributed by atoms with Gasteiger partial charge in [0.25, 0.3) is 0 Å². The van der Waals surface area contributed by atoms with Crippen molar-refractivity contribution in [1.82, 2.24) is 5.32 Å². The maximum atomic E-state index is 8.59. The second-order valence-corrected chi connectivity index (χ2v) is 2.99. The van der Waals surface area contributed by atoms with Gasteiger partial charge in [-0.25, -0.2) is 0 Å². The summed E-state index contributed by atoms with van der Waals surface area (Å²) in [7, 11) is 0. The van der Waals surface area contributed by atoms with Gasteiger partial charge in [-0.2, -0.15) is 5.26 Å². The first-order chi connectivity index (χ1) is 4.18. The fourth-order valence-electron chi connectivity index (χ4n) is 0.966. The lowest BCUT2D eigenvalue weighted by atomic mass is 10.2. The highest BCUT2D eigenvalue weighted by Crippen LogP contribution is 2.34. The second kappa shape index (κ2) is 2.00. The third-order valence-electron chi connectivity index (χ3n) is 1.53. The Morgan fingerprint density at radius 2 is 2.11 bits per heavy atom. The molecule has 0 bridgehead atoms. The van der Waals surface area contributed by atoms with E-state index in [2.05, 4.69) is 25.2 Å². The molecule has 0 aromatic heterocycles. The summed E-state index contributed by atoms with van der Waals surface area (Å²) in [6.07, 6.45) is 2.06. The Morgan fingerprint density at radius 3 is 2.22 bits per heavy atom. The van der Waals surface area contributed by atoms with E-state index in [1.165, 1.54) is 0 Å². The van der Waals surface area contributed by atoms with Crippen molar-refractivity contribution >= 4 is 0 Å². The standard InChI is InChI=1S/C7H12N2/c1-6(2)9-7(5-8)3-4-7/h6,9H,3-4H2,1-2H3. The first-order valence-electron chi connectivity index (χ1n) is 3.37. The summed E-state index contributed by atoms with van der Waals surface area (Å²) >= 11 is 0. The molecule has 0 heterocycles. The molecule has 0 amide bonds. The van der Waals surface area contributed by atoms with Crippen molar-refractivity contribution in [3.63, 3.8) is 0 Å². The topological polar surface area (TPSA) is 35.8 Å². The van der Waals surface area contributed by atoms with Gasteiger partial charge in [0.15, 0.2) is 0 Å². The van der Waals surface area contributed by atoms with Crippen LogP contribution >= 0.6 is 0 Å². The number of nitrogens with one attached hydrogen (secondary N) is 1. The van der Waals surface area contributed by atoms with Gasteiger partial charge in [0.05, 0.1) is 6.07 Å². The quantitative estimate of drug-likeness (QED) is 0.597. The van der Waals surface area contributed by atoms with E-state index in [9.17, 15) is 0 Å². The first-order valence-corrected chi connectivity index (χ1v) is 3.37. The van der Waals surface area contributed by atoms with Crippen molar-refractivity contribution < 1.29 is 0 Å². The molecule has 1 aliphatic carbocycles. The van der Waals surface area contributed by atoms with Gasteiger partial charge in [0.1, 0.15) is 5.54 Å². The number of rotatable bonds is 2. The molecular formula is C7H12N2. The Bertz CT molecular complexity index is 139. The van der Waals surface area contributed by atoms with Crippen LogP contribution in [0.4, 0.5) is 0 Å². The number of hydrogen-bond acceptors (Lipinski definition) is 2. The van der Waals surface area contributed by atoms with Crippen LogP contribution in [0.5, 0.6) is 0 Å². The van der Waals surface area contributed by atoms with Crippen LogP contribution in [0.1, 0.15) is 26.7 Å². The predicted octanol–water partition coefficient (Wildman–Crippen LogP) is 1.04. The molecule has 0 saturated heterocycles. The molecule has 9 heavy (non-hydrogen) atoms. The highest BCUT2D eigenvalue weighted by molar-refractivity contribution is 5.18. The van der Waals surface area contributed by atoms with E-state index in [1.807, 2.05) is 0 Å². The maximum absolute atomic E-state index is 8.59. The fraction of sp³-hybridized carbons (Fsp3) is 0.857. The molecule has 0 spiro atoms. The van der Waals surface area contributed by atoms with E-state index in [4.69, 9.17) is 5.26 Å². The van der Waals surface area contributed by atoms with Gasteiger partial charge >= 0.3 is 0 Å². The van der Waals surface area contributed by atoms with E-state index >= 15 is 0 Å². The summed E-state index contributed by atoms with van der Waals surface area (Å²) in [5.74, 6) is 0. The summed E-state index contributed by atoms with van der Waals surface area (Å²) in [4.78, 5) is 0. The van der Waals surface area contributed by atoms with Crippen LogP contribution in [0.15, 0.2) is 0 Å². The Hall–Kier alpha value is -0.550. The van der Waals surface area contributed by atoms with E-state index in [1.54, 1.807) is 0 Å². The van der Waals surface area contributed by atoms with E-state index < -0.39 is 0 Å². The van der Waals surface area contributed by atoms with Gasteiger partial charge in [-0.15, -0.1) is 0 Å². The predicted molar refractivity (Wildman–Crippen MR) is 35.8 cm³/mol. The molecular weight excluding hydrogens is 112 g/mol. The molecule has 0 aromatic carbocycles. The van der Waals surface area contributed by atoms with Gasteiger partial charge in [0.2, 0.25) is 0 Å². The van der Waals surface area contributed by atoms with Gasteiger partial charge in [-0.1, -0.05) is 0 Å². The monoisotopic (exact) mass is 124 g/mol. The number of nitrogens with zero attached hydrogens (tertiary/aromatic N) is 1. The molecule has 1 N–H and O–H groups in total. The molecule has 1 rings (SSSR count). The summed E-state index contributed by atoms with van der Waals surface area (Å²) in [5.41, 5.74) is -0.131. The van der Waals surface area contributed by atoms with Crippen molar-refractivity contribution in [2.24, 2.45) is 0 Å². The van der Waals surface area contributed by atoms with Crippen LogP contribution in [0, 0.1) is 11.3 Å². The lowest BCUT2D eigenvalue weighted by Crippen LogP contribution is -2.35. The molecule has 1 saturated carbocycles. The molecule has 0 aliphatic heterocycles. The molecule has 50 valence electrons. The van der Waals surface area contributed by atoms with Gasteiger partial charge in [0, 0.05) is 6.04 Å². The normalized spacial score (nSPS) is 21.6. The number of nitriles is 1. The maximum Gasteiger partial charge on any atom is 0.107 e. The fourth-order valence-corrected chi connectivity index (χ4v) is 0.966. The average Bonchev–Trinajstić information content (AvgIpc) is 2.48. The molecule has 0 radical (unpaired) electrons. The smallest absolute Gasteiger partial charge is 0.107 e. The van der Waals surface area contributed by atoms with Crippen LogP contribution in [0.2, 0.25) is 0 Å². The van der Waals surface area contributed by atoms with Gasteiger partial charge < -0.3 is 0 Å². The van der Waals surface area contributed by atoms with Crippen molar-refractivity contribution in [3.8, 4) is 6.07 Å². The second-order valence-electron chi connectivity index (χ2n) is 2.99. The molecule has 1 fully saturated rings. The van der Waals surface area contributed by atoms with Crippen LogP contribution in [0.3, 0.4) is 0 Å². The Kier molecular flexibility index (Phi) is 1.46. The van der Waals surface area contributed by atoms with Crippen molar-refractivity contribution in [2.75, 3.05) is 0 Å². The van der Waals surface area contributed by atoms with Crippen LogP contribution in [-0.2, 0) is 0 Å². The third-order valence-corrected chi connectivity index (χ3v) is 1.53. The molecule has 0 unspecified atom stereocenters. The third kappa shape index (κ3) is 1.43. The largest absolute Gasteiger partial charge is 0.297 e. The van der Waals surface area contributed by atoms with Crippen molar-refractivity contribution in [2.45, 2.75) is 38.3 Å². The van der Waals surface area contributed by atoms with Gasteiger partial charge in [-0.05, 0) is 26.7 Å². The Labute approximate surface area is 55.9 Å². The molecule has 2 heteroatoms. The van der Waals surface area contributed by atoms with E-state index in [-0.39, 0.29) is 5.54 Å². The molecule has 0 aromatic rings. The molecule has 2 nitrogen and oxygen atoms in total. The van der Waals surface area contributed by atoms with Crippen LogP contribution in [0.25, 0.3) is 0 Å². The molecule has 1 aliphatic rings. The van der Waals surface area contributed by atoms with Crippen molar-refractivity contribution in [3.05, 3.63) is 0 Å². The first kappa shape index (κ1) is 6.57. The summed E-state index contributed by atoms with van der Waals surface area (Å²) in [6, 6.07) is 2.71. The molecule has 0 atom stereocenters. The zero-order valence-electron chi connectivity index (χ0n) is 5.94. The van der Waals surface area contributed by atoms with Crippen LogP contribution in [-0.4, -0.2) is 11.6 Å². The summed E-state index contributed by atoms with van der Waals surface area (Å²) < 4.78 is 0. The summed E-state index contributed by atoms with van der Waals surface area (Å²) in [6.45, 7) is 4.13. The van der Waals surface area contributed by atoms with Gasteiger partial charge in [-0.3, -0.25) is 5.32 Å². The van der Waals surface area contributed by atoms with E-state index in [0.717, 1.165) is 12.8 Å². The number of hydrogen-bond donors (Lipinski definition) is 1. The minimum absolute atomic E-state index is 0.131. The average molecular weight is 124 g/mol. The zero-order chi connectivity index (χ0) is 6.91. The minimum Gasteiger partial charge on any atom is -0.297 e. The lowest BCUT2D eigenvalue weighted by molar-refractivity contribution is 0.521. The minimum atomic E-state index is -0.131. The lowest BCUT2D eigenvalue weighted by Gasteiger charge is -2.11. The van der Waals surface area contributed by atoms with E-state index in [0.29, 0.717) is 6.04 Å². The highest BCUT2D eigenvalue weighted by Gasteiger charge is 2.43. The Morgan fingerprint density at radius 1 is 1.56 bits per heavy atom. The highest BCUT2D eigenvalue weighted by atomic mass is 15.0. The summed E-state index contributed by atoms with van der Waals surface area (Å²) in [5, 5.41) is 11.8. The zero-order valence-corrected chi connectivity index (χ0v) is 5.94. The Balaban J connectivity index is 2.36. The SMILES string of the molecule is CC(C)NC1(C#N)CC1. The van der Waals surface area contributed by atoms with Crippen LogP contribution < -0.4 is 5.32 Å². The van der Waals surface area contributed by atoms with Crippen molar-refractivity contribution in [1.29, 1.82) is 5.26 Å².